The molecule has 3 aliphatic heterocycles. The van der Waals surface area contributed by atoms with Gasteiger partial charge in [0.25, 0.3) is 0 Å². The smallest absolute Gasteiger partial charge is 0.323 e. The van der Waals surface area contributed by atoms with Gasteiger partial charge in [-0.1, -0.05) is 18.2 Å². The van der Waals surface area contributed by atoms with Crippen LogP contribution in [-0.2, 0) is 9.53 Å². The molecular weight excluding hydrogens is 284 g/mol. The number of hydrogen-bond donors (Lipinski definition) is 2. The maximum absolute atomic E-state index is 12.4. The highest BCUT2D eigenvalue weighted by atomic mass is 16.5. The number of amides is 3. The lowest BCUT2D eigenvalue weighted by Gasteiger charge is -2.53. The summed E-state index contributed by atoms with van der Waals surface area (Å²) in [6.45, 7) is 4.47. The molecule has 22 heavy (non-hydrogen) atoms. The van der Waals surface area contributed by atoms with E-state index in [1.807, 2.05) is 38.1 Å². The van der Waals surface area contributed by atoms with Crippen LogP contribution in [-0.4, -0.2) is 30.4 Å². The van der Waals surface area contributed by atoms with Gasteiger partial charge in [-0.15, -0.1) is 0 Å². The van der Waals surface area contributed by atoms with E-state index in [0.29, 0.717) is 6.61 Å². The van der Waals surface area contributed by atoms with Gasteiger partial charge in [-0.2, -0.15) is 0 Å². The summed E-state index contributed by atoms with van der Waals surface area (Å²) in [5.41, 5.74) is 0.515. The van der Waals surface area contributed by atoms with Gasteiger partial charge in [0.2, 0.25) is 5.91 Å². The van der Waals surface area contributed by atoms with Crippen molar-refractivity contribution in [1.29, 1.82) is 0 Å². The van der Waals surface area contributed by atoms with Crippen molar-refractivity contribution >= 4 is 11.9 Å². The molecule has 3 amide bonds. The highest BCUT2D eigenvalue weighted by molar-refractivity contribution is 5.99. The molecule has 4 atom stereocenters. The minimum atomic E-state index is -0.608. The van der Waals surface area contributed by atoms with Crippen LogP contribution >= 0.6 is 0 Å². The Morgan fingerprint density at radius 3 is 2.77 bits per heavy atom. The van der Waals surface area contributed by atoms with E-state index in [1.165, 1.54) is 0 Å². The molecule has 6 nitrogen and oxygen atoms in total. The molecule has 0 spiro atoms. The van der Waals surface area contributed by atoms with Gasteiger partial charge in [0.05, 0.1) is 18.1 Å². The number of hydrogen-bond acceptors (Lipinski definition) is 4. The Labute approximate surface area is 128 Å². The molecule has 4 rings (SSSR count). The number of para-hydroxylation sites is 1. The van der Waals surface area contributed by atoms with Crippen LogP contribution in [0.3, 0.4) is 0 Å². The molecule has 6 heteroatoms. The SMILES string of the molecule is CC1(C)O[C@@H]2NC(=O)NC(=O)[C@@H]2[C@@H]2c3ccccc3OC[C@@H]21. The zero-order chi connectivity index (χ0) is 15.5. The zero-order valence-electron chi connectivity index (χ0n) is 12.5. The molecule has 3 aliphatic rings. The fraction of sp³-hybridized carbons (Fsp3) is 0.500. The van der Waals surface area contributed by atoms with Crippen LogP contribution in [0.25, 0.3) is 0 Å². The summed E-state index contributed by atoms with van der Waals surface area (Å²) in [7, 11) is 0. The van der Waals surface area contributed by atoms with Crippen molar-refractivity contribution in [1.82, 2.24) is 10.6 Å². The van der Waals surface area contributed by atoms with Crippen LogP contribution in [0.4, 0.5) is 4.79 Å². The first-order valence-electron chi connectivity index (χ1n) is 7.48. The van der Waals surface area contributed by atoms with Crippen LogP contribution < -0.4 is 15.4 Å². The maximum Gasteiger partial charge on any atom is 0.323 e. The minimum absolute atomic E-state index is 0.0423. The molecule has 1 aromatic carbocycles. The molecule has 2 fully saturated rings. The Balaban J connectivity index is 1.84. The van der Waals surface area contributed by atoms with E-state index in [0.717, 1.165) is 11.3 Å². The Morgan fingerprint density at radius 2 is 1.95 bits per heavy atom. The molecular formula is C16H18N2O4. The van der Waals surface area contributed by atoms with Crippen molar-refractivity contribution in [2.24, 2.45) is 11.8 Å². The first-order valence-corrected chi connectivity index (χ1v) is 7.48. The summed E-state index contributed by atoms with van der Waals surface area (Å²) in [5, 5.41) is 5.09. The average Bonchev–Trinajstić information content (AvgIpc) is 2.45. The summed E-state index contributed by atoms with van der Waals surface area (Å²) in [4.78, 5) is 24.0. The lowest BCUT2D eigenvalue weighted by molar-refractivity contribution is -0.200. The third kappa shape index (κ3) is 1.83. The lowest BCUT2D eigenvalue weighted by atomic mass is 9.66. The number of rotatable bonds is 0. The topological polar surface area (TPSA) is 76.7 Å². The van der Waals surface area contributed by atoms with Crippen molar-refractivity contribution in [3.8, 4) is 5.75 Å². The predicted octanol–water partition coefficient (Wildman–Crippen LogP) is 1.37. The van der Waals surface area contributed by atoms with Gasteiger partial charge in [0.15, 0.2) is 0 Å². The van der Waals surface area contributed by atoms with E-state index >= 15 is 0 Å². The third-order valence-corrected chi connectivity index (χ3v) is 4.98. The molecule has 116 valence electrons. The summed E-state index contributed by atoms with van der Waals surface area (Å²) in [5.74, 6) is 0.0883. The van der Waals surface area contributed by atoms with Gasteiger partial charge in [-0.05, 0) is 25.5 Å². The lowest BCUT2D eigenvalue weighted by Crippen LogP contribution is -2.68. The predicted molar refractivity (Wildman–Crippen MR) is 77.3 cm³/mol. The molecule has 0 saturated carbocycles. The first kappa shape index (κ1) is 13.6. The van der Waals surface area contributed by atoms with Crippen LogP contribution in [0, 0.1) is 11.8 Å². The Morgan fingerprint density at radius 1 is 1.18 bits per heavy atom. The van der Waals surface area contributed by atoms with Gasteiger partial charge in [0, 0.05) is 11.8 Å². The summed E-state index contributed by atoms with van der Waals surface area (Å²) < 4.78 is 11.9. The largest absolute Gasteiger partial charge is 0.493 e. The van der Waals surface area contributed by atoms with Gasteiger partial charge >= 0.3 is 6.03 Å². The summed E-state index contributed by atoms with van der Waals surface area (Å²) >= 11 is 0. The average molecular weight is 302 g/mol. The van der Waals surface area contributed by atoms with E-state index in [4.69, 9.17) is 9.47 Å². The Hall–Kier alpha value is -2.08. The second-order valence-electron chi connectivity index (χ2n) is 6.61. The number of nitrogens with one attached hydrogen (secondary N) is 2. The summed E-state index contributed by atoms with van der Waals surface area (Å²) in [6, 6.07) is 7.28. The molecule has 2 saturated heterocycles. The molecule has 0 aromatic heterocycles. The number of benzene rings is 1. The number of imide groups is 1. The molecule has 0 unspecified atom stereocenters. The molecule has 0 bridgehead atoms. The highest BCUT2D eigenvalue weighted by Gasteiger charge is 2.57. The van der Waals surface area contributed by atoms with E-state index in [1.54, 1.807) is 0 Å². The van der Waals surface area contributed by atoms with E-state index in [9.17, 15) is 9.59 Å². The van der Waals surface area contributed by atoms with Gasteiger partial charge < -0.3 is 14.8 Å². The minimum Gasteiger partial charge on any atom is -0.493 e. The zero-order valence-corrected chi connectivity index (χ0v) is 12.5. The van der Waals surface area contributed by atoms with Gasteiger partial charge in [-0.25, -0.2) is 4.79 Å². The molecule has 0 radical (unpaired) electrons. The van der Waals surface area contributed by atoms with Crippen LogP contribution in [0.5, 0.6) is 5.75 Å². The van der Waals surface area contributed by atoms with Crippen molar-refractivity contribution < 1.29 is 19.1 Å². The second kappa shape index (κ2) is 4.46. The van der Waals surface area contributed by atoms with Crippen LogP contribution in [0.2, 0.25) is 0 Å². The Kier molecular flexibility index (Phi) is 2.75. The first-order chi connectivity index (χ1) is 10.5. The molecule has 2 N–H and O–H groups in total. The van der Waals surface area contributed by atoms with Crippen LogP contribution in [0.1, 0.15) is 25.3 Å². The Bertz CT molecular complexity index is 657. The molecule has 0 aliphatic carbocycles. The third-order valence-electron chi connectivity index (χ3n) is 4.98. The maximum atomic E-state index is 12.4. The fourth-order valence-electron chi connectivity index (χ4n) is 3.92. The molecule has 3 heterocycles. The number of fused-ring (bicyclic) bond motifs is 5. The van der Waals surface area contributed by atoms with Gasteiger partial charge in [-0.3, -0.25) is 10.1 Å². The fourth-order valence-corrected chi connectivity index (χ4v) is 3.92. The van der Waals surface area contributed by atoms with Crippen molar-refractivity contribution in [2.75, 3.05) is 6.61 Å². The van der Waals surface area contributed by atoms with Crippen LogP contribution in [0.15, 0.2) is 24.3 Å². The van der Waals surface area contributed by atoms with Gasteiger partial charge in [0.1, 0.15) is 12.0 Å². The van der Waals surface area contributed by atoms with Crippen molar-refractivity contribution in [3.63, 3.8) is 0 Å². The normalized spacial score (nSPS) is 35.2. The number of ether oxygens (including phenoxy) is 2. The number of carbonyl (C=O) groups is 2. The number of carbonyl (C=O) groups excluding carboxylic acids is 2. The second-order valence-corrected chi connectivity index (χ2v) is 6.61. The summed E-state index contributed by atoms with van der Waals surface area (Å²) in [6.07, 6.45) is -0.608. The highest BCUT2D eigenvalue weighted by Crippen LogP contribution is 2.51. The van der Waals surface area contributed by atoms with E-state index in [-0.39, 0.29) is 17.7 Å². The number of urea groups is 1. The van der Waals surface area contributed by atoms with Crippen molar-refractivity contribution in [2.45, 2.75) is 31.6 Å². The monoisotopic (exact) mass is 302 g/mol. The van der Waals surface area contributed by atoms with Crippen molar-refractivity contribution in [3.05, 3.63) is 29.8 Å². The quantitative estimate of drug-likeness (QED) is 0.759. The standard InChI is InChI=1S/C16H18N2O4/c1-16(2)9-7-21-10-6-4-3-5-8(10)11(9)12-13(19)17-15(20)18-14(12)22-16/h3-6,9,11-12,14H,7H2,1-2H3,(H2,17,18,19,20)/t9-,11+,12-,14-/m0/s1. The van der Waals surface area contributed by atoms with E-state index in [2.05, 4.69) is 10.6 Å². The molecule has 1 aromatic rings. The van der Waals surface area contributed by atoms with E-state index < -0.39 is 23.8 Å².